The van der Waals surface area contributed by atoms with Crippen LogP contribution in [0.4, 0.5) is 5.69 Å². The summed E-state index contributed by atoms with van der Waals surface area (Å²) in [6.07, 6.45) is 1.23. The Morgan fingerprint density at radius 1 is 1.42 bits per heavy atom. The minimum Gasteiger partial charge on any atom is -0.456 e. The fraction of sp³-hybridized carbons (Fsp3) is 0.500. The number of anilines is 1. The number of ether oxygens (including phenoxy) is 1. The highest BCUT2D eigenvalue weighted by molar-refractivity contribution is 7.91. The molecule has 0 aliphatic carbocycles. The summed E-state index contributed by atoms with van der Waals surface area (Å²) in [4.78, 5) is 15.7. The maximum Gasteiger partial charge on any atom is 0.340 e. The Labute approximate surface area is 112 Å². The molecule has 0 saturated heterocycles. The zero-order valence-electron chi connectivity index (χ0n) is 11.1. The van der Waals surface area contributed by atoms with Gasteiger partial charge in [-0.2, -0.15) is 0 Å². The third kappa shape index (κ3) is 3.04. The standard InChI is InChI=1S/C12H16N2O4S/c1-12(2,3)18-11(15)8-6-9-10(14-7-8)19(16,17)5-4-13-9/h6-7,13H,4-5H2,1-3H3. The molecular formula is C12H16N2O4S. The summed E-state index contributed by atoms with van der Waals surface area (Å²) >= 11 is 0. The molecule has 2 rings (SSSR count). The zero-order chi connectivity index (χ0) is 14.3. The SMILES string of the molecule is CC(C)(C)OC(=O)c1cnc2c(c1)NCCS2(=O)=O. The summed E-state index contributed by atoms with van der Waals surface area (Å²) in [7, 11) is -3.35. The molecule has 0 amide bonds. The van der Waals surface area contributed by atoms with Crippen molar-refractivity contribution in [3.8, 4) is 0 Å². The Bertz CT molecular complexity index is 617. The second-order valence-corrected chi connectivity index (χ2v) is 7.35. The van der Waals surface area contributed by atoms with Crippen molar-refractivity contribution in [2.45, 2.75) is 31.4 Å². The molecule has 1 aliphatic heterocycles. The van der Waals surface area contributed by atoms with Crippen LogP contribution in [0.2, 0.25) is 0 Å². The van der Waals surface area contributed by atoms with Gasteiger partial charge in [0.05, 0.1) is 17.0 Å². The van der Waals surface area contributed by atoms with E-state index >= 15 is 0 Å². The zero-order valence-corrected chi connectivity index (χ0v) is 11.9. The van der Waals surface area contributed by atoms with E-state index in [1.165, 1.54) is 12.3 Å². The van der Waals surface area contributed by atoms with Gasteiger partial charge in [0.25, 0.3) is 0 Å². The molecule has 7 heteroatoms. The molecule has 1 aromatic rings. The normalized spacial score (nSPS) is 17.2. The van der Waals surface area contributed by atoms with Gasteiger partial charge in [0.2, 0.25) is 0 Å². The van der Waals surface area contributed by atoms with Gasteiger partial charge in [-0.05, 0) is 26.8 Å². The van der Waals surface area contributed by atoms with Crippen molar-refractivity contribution in [1.29, 1.82) is 0 Å². The molecule has 19 heavy (non-hydrogen) atoms. The Balaban J connectivity index is 2.35. The molecule has 0 bridgehead atoms. The van der Waals surface area contributed by atoms with Crippen molar-refractivity contribution in [3.63, 3.8) is 0 Å². The summed E-state index contributed by atoms with van der Waals surface area (Å²) < 4.78 is 28.7. The predicted octanol–water partition coefficient (Wildman–Crippen LogP) is 1.24. The van der Waals surface area contributed by atoms with Gasteiger partial charge in [0.15, 0.2) is 14.9 Å². The molecule has 104 valence electrons. The lowest BCUT2D eigenvalue weighted by Crippen LogP contribution is -2.26. The average molecular weight is 284 g/mol. The first kappa shape index (κ1) is 13.8. The first-order chi connectivity index (χ1) is 8.69. The van der Waals surface area contributed by atoms with Crippen molar-refractivity contribution in [2.24, 2.45) is 0 Å². The van der Waals surface area contributed by atoms with Crippen LogP contribution in [0, 0.1) is 0 Å². The minimum atomic E-state index is -3.35. The molecule has 2 heterocycles. The highest BCUT2D eigenvalue weighted by atomic mass is 32.2. The van der Waals surface area contributed by atoms with E-state index in [0.717, 1.165) is 0 Å². The van der Waals surface area contributed by atoms with Crippen LogP contribution in [0.15, 0.2) is 17.3 Å². The molecule has 1 N–H and O–H groups in total. The van der Waals surface area contributed by atoms with Crippen LogP contribution >= 0.6 is 0 Å². The number of carbonyl (C=O) groups is 1. The van der Waals surface area contributed by atoms with Crippen LogP contribution in [0.25, 0.3) is 0 Å². The first-order valence-electron chi connectivity index (χ1n) is 5.89. The fourth-order valence-corrected chi connectivity index (χ4v) is 2.94. The Hall–Kier alpha value is -1.63. The fourth-order valence-electron chi connectivity index (χ4n) is 1.69. The molecule has 1 aromatic heterocycles. The number of sulfone groups is 1. The van der Waals surface area contributed by atoms with Crippen molar-refractivity contribution < 1.29 is 17.9 Å². The van der Waals surface area contributed by atoms with E-state index in [1.807, 2.05) is 0 Å². The number of rotatable bonds is 1. The number of nitrogens with one attached hydrogen (secondary N) is 1. The van der Waals surface area contributed by atoms with E-state index in [4.69, 9.17) is 4.74 Å². The van der Waals surface area contributed by atoms with E-state index < -0.39 is 21.4 Å². The van der Waals surface area contributed by atoms with Gasteiger partial charge in [0, 0.05) is 12.7 Å². The molecule has 0 aromatic carbocycles. The number of pyridine rings is 1. The number of nitrogens with zero attached hydrogens (tertiary/aromatic N) is 1. The third-order valence-corrected chi connectivity index (χ3v) is 4.12. The second kappa shape index (κ2) is 4.48. The lowest BCUT2D eigenvalue weighted by molar-refractivity contribution is 0.00689. The van der Waals surface area contributed by atoms with E-state index in [1.54, 1.807) is 20.8 Å². The van der Waals surface area contributed by atoms with Crippen LogP contribution in [-0.2, 0) is 14.6 Å². The molecule has 0 fully saturated rings. The van der Waals surface area contributed by atoms with Crippen molar-refractivity contribution in [1.82, 2.24) is 4.98 Å². The number of carbonyl (C=O) groups excluding carboxylic acids is 1. The van der Waals surface area contributed by atoms with Crippen molar-refractivity contribution in [2.75, 3.05) is 17.6 Å². The number of fused-ring (bicyclic) bond motifs is 1. The van der Waals surface area contributed by atoms with Gasteiger partial charge >= 0.3 is 5.97 Å². The van der Waals surface area contributed by atoms with Crippen molar-refractivity contribution in [3.05, 3.63) is 17.8 Å². The van der Waals surface area contributed by atoms with Gasteiger partial charge in [-0.15, -0.1) is 0 Å². The minimum absolute atomic E-state index is 0.00828. The predicted molar refractivity (Wildman–Crippen MR) is 69.9 cm³/mol. The molecule has 0 unspecified atom stereocenters. The van der Waals surface area contributed by atoms with Crippen LogP contribution < -0.4 is 5.32 Å². The van der Waals surface area contributed by atoms with Gasteiger partial charge < -0.3 is 10.1 Å². The van der Waals surface area contributed by atoms with E-state index in [-0.39, 0.29) is 16.3 Å². The number of aromatic nitrogens is 1. The molecule has 6 nitrogen and oxygen atoms in total. The molecular weight excluding hydrogens is 268 g/mol. The van der Waals surface area contributed by atoms with Gasteiger partial charge in [-0.1, -0.05) is 0 Å². The highest BCUT2D eigenvalue weighted by Crippen LogP contribution is 2.25. The molecule has 1 aliphatic rings. The van der Waals surface area contributed by atoms with Gasteiger partial charge in [-0.25, -0.2) is 18.2 Å². The third-order valence-electron chi connectivity index (χ3n) is 2.47. The topological polar surface area (TPSA) is 85.4 Å². The number of hydrogen-bond donors (Lipinski definition) is 1. The van der Waals surface area contributed by atoms with Crippen LogP contribution in [0.5, 0.6) is 0 Å². The van der Waals surface area contributed by atoms with E-state index in [0.29, 0.717) is 12.2 Å². The summed E-state index contributed by atoms with van der Waals surface area (Å²) in [5.74, 6) is -0.508. The van der Waals surface area contributed by atoms with Gasteiger partial charge in [0.1, 0.15) is 5.60 Å². The van der Waals surface area contributed by atoms with E-state index in [9.17, 15) is 13.2 Å². The van der Waals surface area contributed by atoms with Gasteiger partial charge in [-0.3, -0.25) is 0 Å². The summed E-state index contributed by atoms with van der Waals surface area (Å²) in [5.41, 5.74) is -0.0140. The number of hydrogen-bond acceptors (Lipinski definition) is 6. The lowest BCUT2D eigenvalue weighted by Gasteiger charge is -2.21. The molecule has 0 spiro atoms. The molecule has 0 atom stereocenters. The maximum absolute atomic E-state index is 11.9. The Morgan fingerprint density at radius 2 is 2.11 bits per heavy atom. The largest absolute Gasteiger partial charge is 0.456 e. The monoisotopic (exact) mass is 284 g/mol. The van der Waals surface area contributed by atoms with E-state index in [2.05, 4.69) is 10.3 Å². The summed E-state index contributed by atoms with van der Waals surface area (Å²) in [6, 6.07) is 1.47. The number of esters is 1. The quantitative estimate of drug-likeness (QED) is 0.781. The second-order valence-electron chi connectivity index (χ2n) is 5.32. The Morgan fingerprint density at radius 3 is 2.74 bits per heavy atom. The maximum atomic E-state index is 11.9. The summed E-state index contributed by atoms with van der Waals surface area (Å²) in [5, 5.41) is 2.92. The lowest BCUT2D eigenvalue weighted by atomic mass is 10.2. The van der Waals surface area contributed by atoms with Crippen LogP contribution in [0.3, 0.4) is 0 Å². The van der Waals surface area contributed by atoms with Crippen LogP contribution in [0.1, 0.15) is 31.1 Å². The molecule has 0 saturated carbocycles. The summed E-state index contributed by atoms with van der Waals surface area (Å²) in [6.45, 7) is 5.60. The highest BCUT2D eigenvalue weighted by Gasteiger charge is 2.27. The van der Waals surface area contributed by atoms with Crippen LogP contribution in [-0.4, -0.2) is 37.3 Å². The van der Waals surface area contributed by atoms with Crippen molar-refractivity contribution >= 4 is 21.5 Å². The molecule has 0 radical (unpaired) electrons. The average Bonchev–Trinajstić information content (AvgIpc) is 2.25. The Kier molecular flexibility index (Phi) is 3.25. The first-order valence-corrected chi connectivity index (χ1v) is 7.54. The smallest absolute Gasteiger partial charge is 0.340 e.